The maximum atomic E-state index is 12.9. The number of phenols is 2. The molecule has 2 N–H and O–H groups in total. The van der Waals surface area contributed by atoms with E-state index >= 15 is 0 Å². The van der Waals surface area contributed by atoms with Crippen molar-refractivity contribution in [3.63, 3.8) is 0 Å². The number of benzene rings is 3. The minimum absolute atomic E-state index is 0.0789. The number of nitrogens with zero attached hydrogens (tertiary/aromatic N) is 2. The molecule has 0 bridgehead atoms. The molecule has 0 aromatic heterocycles. The Bertz CT molecular complexity index is 1200. The van der Waals surface area contributed by atoms with Crippen LogP contribution in [0.4, 0.5) is 11.4 Å². The van der Waals surface area contributed by atoms with Crippen molar-refractivity contribution in [2.45, 2.75) is 20.0 Å². The molecule has 0 radical (unpaired) electrons. The molecule has 3 aromatic carbocycles. The minimum atomic E-state index is -0.943. The summed E-state index contributed by atoms with van der Waals surface area (Å²) < 4.78 is 5.28. The van der Waals surface area contributed by atoms with Gasteiger partial charge in [0.2, 0.25) is 0 Å². The zero-order valence-corrected chi connectivity index (χ0v) is 17.6. The number of aromatic hydroxyl groups is 2. The highest BCUT2D eigenvalue weighted by Gasteiger charge is 2.22. The lowest BCUT2D eigenvalue weighted by Crippen LogP contribution is -2.09. The average molecular weight is 430 g/mol. The van der Waals surface area contributed by atoms with Crippen molar-refractivity contribution in [1.29, 1.82) is 0 Å². The Labute approximate surface area is 185 Å². The molecule has 32 heavy (non-hydrogen) atoms. The molecule has 0 amide bonds. The van der Waals surface area contributed by atoms with Crippen LogP contribution in [0.3, 0.4) is 0 Å². The lowest BCUT2D eigenvalue weighted by atomic mass is 10.0. The number of azo groups is 1. The van der Waals surface area contributed by atoms with E-state index < -0.39 is 23.6 Å². The summed E-state index contributed by atoms with van der Waals surface area (Å²) in [6, 6.07) is 18.2. The minimum Gasteiger partial charge on any atom is -0.504 e. The van der Waals surface area contributed by atoms with Gasteiger partial charge in [0.05, 0.1) is 22.5 Å². The number of carbonyl (C=O) groups is 2. The number of ether oxygens (including phenoxy) is 1. The highest BCUT2D eigenvalue weighted by atomic mass is 16.5. The van der Waals surface area contributed by atoms with Crippen molar-refractivity contribution in [3.05, 3.63) is 95.6 Å². The summed E-state index contributed by atoms with van der Waals surface area (Å²) in [5, 5.41) is 28.7. The molecule has 162 valence electrons. The van der Waals surface area contributed by atoms with E-state index in [1.54, 1.807) is 48.5 Å². The molecule has 1 unspecified atom stereocenters. The lowest BCUT2D eigenvalue weighted by molar-refractivity contribution is -0.143. The van der Waals surface area contributed by atoms with Gasteiger partial charge >= 0.3 is 5.97 Å². The third-order valence-corrected chi connectivity index (χ3v) is 4.66. The molecular formula is C25H22N2O5. The molecule has 0 heterocycles. The quantitative estimate of drug-likeness (QED) is 0.159. The van der Waals surface area contributed by atoms with E-state index in [9.17, 15) is 19.8 Å². The van der Waals surface area contributed by atoms with Gasteiger partial charge in [-0.1, -0.05) is 49.0 Å². The van der Waals surface area contributed by atoms with Gasteiger partial charge in [-0.05, 0) is 38.1 Å². The third-order valence-electron chi connectivity index (χ3n) is 4.66. The Balaban J connectivity index is 1.99. The van der Waals surface area contributed by atoms with Gasteiger partial charge in [0.1, 0.15) is 6.10 Å². The van der Waals surface area contributed by atoms with Crippen molar-refractivity contribution in [1.82, 2.24) is 0 Å². The molecule has 3 rings (SSSR count). The van der Waals surface area contributed by atoms with Gasteiger partial charge in [-0.2, -0.15) is 0 Å². The van der Waals surface area contributed by atoms with Crippen LogP contribution in [0.15, 0.2) is 89.1 Å². The molecule has 0 spiro atoms. The fourth-order valence-corrected chi connectivity index (χ4v) is 3.00. The average Bonchev–Trinajstić information content (AvgIpc) is 2.79. The van der Waals surface area contributed by atoms with E-state index in [1.807, 2.05) is 6.07 Å². The van der Waals surface area contributed by atoms with Crippen molar-refractivity contribution < 1.29 is 24.5 Å². The second-order valence-corrected chi connectivity index (χ2v) is 7.11. The topological polar surface area (TPSA) is 109 Å². The molecule has 0 aliphatic carbocycles. The lowest BCUT2D eigenvalue weighted by Gasteiger charge is -2.17. The zero-order chi connectivity index (χ0) is 23.3. The van der Waals surface area contributed by atoms with E-state index in [2.05, 4.69) is 16.8 Å². The maximum Gasteiger partial charge on any atom is 0.333 e. The van der Waals surface area contributed by atoms with E-state index in [0.717, 1.165) is 0 Å². The molecule has 7 nitrogen and oxygen atoms in total. The van der Waals surface area contributed by atoms with Crippen molar-refractivity contribution >= 4 is 23.1 Å². The summed E-state index contributed by atoms with van der Waals surface area (Å²) in [6.45, 7) is 6.56. The van der Waals surface area contributed by atoms with Crippen molar-refractivity contribution in [2.75, 3.05) is 0 Å². The highest BCUT2D eigenvalue weighted by molar-refractivity contribution is 6.11. The molecule has 0 aliphatic heterocycles. The zero-order valence-electron chi connectivity index (χ0n) is 17.6. The first-order valence-corrected chi connectivity index (χ1v) is 9.81. The van der Waals surface area contributed by atoms with Gasteiger partial charge < -0.3 is 14.9 Å². The number of ketones is 1. The molecular weight excluding hydrogens is 408 g/mol. The first kappa shape index (κ1) is 22.4. The second kappa shape index (κ2) is 9.70. The normalized spacial score (nSPS) is 11.8. The van der Waals surface area contributed by atoms with Crippen molar-refractivity contribution in [3.8, 4) is 11.5 Å². The van der Waals surface area contributed by atoms with Gasteiger partial charge in [-0.3, -0.25) is 4.79 Å². The Morgan fingerprint density at radius 3 is 2.22 bits per heavy atom. The number of rotatable bonds is 7. The first-order valence-electron chi connectivity index (χ1n) is 9.81. The van der Waals surface area contributed by atoms with Gasteiger partial charge in [0.15, 0.2) is 17.3 Å². The Kier molecular flexibility index (Phi) is 6.80. The van der Waals surface area contributed by atoms with Crippen LogP contribution in [-0.2, 0) is 9.53 Å². The monoisotopic (exact) mass is 430 g/mol. The molecule has 0 aliphatic rings. The Morgan fingerprint density at radius 1 is 0.906 bits per heavy atom. The van der Waals surface area contributed by atoms with Gasteiger partial charge in [0, 0.05) is 11.1 Å². The fraction of sp³-hybridized carbons (Fsp3) is 0.120. The van der Waals surface area contributed by atoms with Crippen LogP contribution >= 0.6 is 0 Å². The molecule has 0 saturated heterocycles. The Hall–Kier alpha value is -4.26. The van der Waals surface area contributed by atoms with Gasteiger partial charge in [-0.25, -0.2) is 4.79 Å². The number of hydrogen-bond donors (Lipinski definition) is 2. The van der Waals surface area contributed by atoms with E-state index in [4.69, 9.17) is 4.74 Å². The van der Waals surface area contributed by atoms with Gasteiger partial charge in [0.25, 0.3) is 0 Å². The molecule has 1 atom stereocenters. The van der Waals surface area contributed by atoms with Crippen LogP contribution < -0.4 is 0 Å². The molecule has 7 heteroatoms. The molecule has 0 saturated carbocycles. The van der Waals surface area contributed by atoms with Gasteiger partial charge in [-0.15, -0.1) is 10.2 Å². The number of carbonyl (C=O) groups excluding carboxylic acids is 2. The summed E-state index contributed by atoms with van der Waals surface area (Å²) in [6.07, 6.45) is -0.943. The van der Waals surface area contributed by atoms with E-state index in [0.29, 0.717) is 16.8 Å². The predicted molar refractivity (Wildman–Crippen MR) is 120 cm³/mol. The largest absolute Gasteiger partial charge is 0.504 e. The maximum absolute atomic E-state index is 12.9. The van der Waals surface area contributed by atoms with Crippen LogP contribution in [-0.4, -0.2) is 22.0 Å². The highest BCUT2D eigenvalue weighted by Crippen LogP contribution is 2.42. The smallest absolute Gasteiger partial charge is 0.333 e. The van der Waals surface area contributed by atoms with Crippen LogP contribution in [0.2, 0.25) is 0 Å². The van der Waals surface area contributed by atoms with Crippen LogP contribution in [0, 0.1) is 0 Å². The summed E-state index contributed by atoms with van der Waals surface area (Å²) in [4.78, 5) is 24.8. The van der Waals surface area contributed by atoms with E-state index in [1.165, 1.54) is 26.0 Å². The SMILES string of the molecule is C=C(C)C(=O)OC(C)c1c(N=Nc2ccccc2C(=O)c2ccccc2)ccc(O)c1O. The summed E-state index contributed by atoms with van der Waals surface area (Å²) in [5.74, 6) is -1.73. The number of hydrogen-bond acceptors (Lipinski definition) is 7. The van der Waals surface area contributed by atoms with Crippen molar-refractivity contribution in [2.24, 2.45) is 10.2 Å². The standard InChI is InChI=1S/C25H22N2O5/c1-15(2)25(31)32-16(3)22-20(13-14-21(28)24(22)30)27-26-19-12-8-7-11-18(19)23(29)17-9-5-4-6-10-17/h4-14,16,28,30H,1H2,2-3H3. The predicted octanol–water partition coefficient (Wildman–Crippen LogP) is 5.92. The summed E-state index contributed by atoms with van der Waals surface area (Å²) in [5.41, 5.74) is 1.63. The fourth-order valence-electron chi connectivity index (χ4n) is 3.00. The van der Waals surface area contributed by atoms with Crippen LogP contribution in [0.1, 0.15) is 41.4 Å². The van der Waals surface area contributed by atoms with Crippen LogP contribution in [0.25, 0.3) is 0 Å². The molecule has 0 fully saturated rings. The Morgan fingerprint density at radius 2 is 1.53 bits per heavy atom. The summed E-state index contributed by atoms with van der Waals surface area (Å²) in [7, 11) is 0. The number of esters is 1. The summed E-state index contributed by atoms with van der Waals surface area (Å²) >= 11 is 0. The number of phenolic OH excluding ortho intramolecular Hbond substituents is 2. The molecule has 3 aromatic rings. The first-order chi connectivity index (χ1) is 15.3. The van der Waals surface area contributed by atoms with Crippen LogP contribution in [0.5, 0.6) is 11.5 Å². The third kappa shape index (κ3) is 4.89. The second-order valence-electron chi connectivity index (χ2n) is 7.11. The van der Waals surface area contributed by atoms with E-state index in [-0.39, 0.29) is 22.6 Å².